The van der Waals surface area contributed by atoms with Crippen molar-refractivity contribution < 1.29 is 0 Å². The Labute approximate surface area is 64.1 Å². The minimum atomic E-state index is 0.356. The van der Waals surface area contributed by atoms with Crippen LogP contribution in [-0.4, -0.2) is 16.4 Å². The molecule has 1 rings (SSSR count). The maximum absolute atomic E-state index is 8.53. The van der Waals surface area contributed by atoms with E-state index < -0.39 is 0 Å². The summed E-state index contributed by atoms with van der Waals surface area (Å²) in [7, 11) is 0. The lowest BCUT2D eigenvalue weighted by Gasteiger charge is -1.93. The first-order chi connectivity index (χ1) is 5.33. The molecule has 4 nitrogen and oxygen atoms in total. The number of imidazole rings is 1. The standard InChI is InChI=1S/C7H6N4/c1-3-7-10-5-6(4-8)11(7)9-2/h3,5H,1-2H2. The summed E-state index contributed by atoms with van der Waals surface area (Å²) in [4.78, 5) is 3.86. The molecule has 0 unspecified atom stereocenters. The molecule has 0 saturated carbocycles. The van der Waals surface area contributed by atoms with Gasteiger partial charge in [0.15, 0.2) is 11.5 Å². The van der Waals surface area contributed by atoms with Crippen molar-refractivity contribution in [1.82, 2.24) is 9.66 Å². The first-order valence-corrected chi connectivity index (χ1v) is 2.90. The maximum atomic E-state index is 8.53. The highest BCUT2D eigenvalue weighted by Gasteiger charge is 2.03. The van der Waals surface area contributed by atoms with Crippen LogP contribution < -0.4 is 0 Å². The van der Waals surface area contributed by atoms with Gasteiger partial charge in [-0.3, -0.25) is 0 Å². The van der Waals surface area contributed by atoms with E-state index in [-0.39, 0.29) is 0 Å². The molecule has 0 N–H and O–H groups in total. The normalized spacial score (nSPS) is 8.64. The summed E-state index contributed by atoms with van der Waals surface area (Å²) in [5.41, 5.74) is 0.356. The van der Waals surface area contributed by atoms with E-state index in [0.29, 0.717) is 11.5 Å². The largest absolute Gasteiger partial charge is 0.234 e. The van der Waals surface area contributed by atoms with Crippen LogP contribution in [-0.2, 0) is 0 Å². The number of nitriles is 1. The zero-order valence-electron chi connectivity index (χ0n) is 5.86. The summed E-state index contributed by atoms with van der Waals surface area (Å²) in [5, 5.41) is 12.1. The van der Waals surface area contributed by atoms with Gasteiger partial charge in [-0.2, -0.15) is 10.4 Å². The minimum absolute atomic E-state index is 0.356. The van der Waals surface area contributed by atoms with Gasteiger partial charge in [-0.25, -0.2) is 9.66 Å². The smallest absolute Gasteiger partial charge is 0.162 e. The van der Waals surface area contributed by atoms with Crippen LogP contribution >= 0.6 is 0 Å². The molecule has 1 aromatic rings. The molecule has 0 spiro atoms. The first-order valence-electron chi connectivity index (χ1n) is 2.90. The lowest BCUT2D eigenvalue weighted by molar-refractivity contribution is 0.857. The van der Waals surface area contributed by atoms with Gasteiger partial charge >= 0.3 is 0 Å². The fourth-order valence-corrected chi connectivity index (χ4v) is 0.724. The van der Waals surface area contributed by atoms with Crippen molar-refractivity contribution in [3.63, 3.8) is 0 Å². The molecule has 0 atom stereocenters. The fraction of sp³-hybridized carbons (Fsp3) is 0. The van der Waals surface area contributed by atoms with E-state index in [1.54, 1.807) is 0 Å². The van der Waals surface area contributed by atoms with Crippen LogP contribution in [0.2, 0.25) is 0 Å². The van der Waals surface area contributed by atoms with Crippen molar-refractivity contribution in [2.45, 2.75) is 0 Å². The molecule has 4 heteroatoms. The van der Waals surface area contributed by atoms with E-state index in [4.69, 9.17) is 5.26 Å². The molecule has 0 saturated heterocycles. The second-order valence-electron chi connectivity index (χ2n) is 1.77. The van der Waals surface area contributed by atoms with Crippen molar-refractivity contribution in [2.75, 3.05) is 0 Å². The monoisotopic (exact) mass is 146 g/mol. The Bertz CT molecular complexity index is 329. The molecule has 0 amide bonds. The molecule has 0 aliphatic heterocycles. The van der Waals surface area contributed by atoms with Crippen molar-refractivity contribution in [3.05, 3.63) is 24.3 Å². The molecule has 0 aromatic carbocycles. The third kappa shape index (κ3) is 1.03. The SMILES string of the molecule is C=Cc1ncc(C#N)n1N=C. The average molecular weight is 146 g/mol. The number of hydrogen-bond donors (Lipinski definition) is 0. The van der Waals surface area contributed by atoms with E-state index in [2.05, 4.69) is 23.4 Å². The zero-order chi connectivity index (χ0) is 8.27. The van der Waals surface area contributed by atoms with E-state index in [1.807, 2.05) is 6.07 Å². The van der Waals surface area contributed by atoms with Gasteiger partial charge in [-0.15, -0.1) is 0 Å². The average Bonchev–Trinajstić information content (AvgIpc) is 2.45. The summed E-state index contributed by atoms with van der Waals surface area (Å²) in [6, 6.07) is 1.92. The van der Waals surface area contributed by atoms with Crippen LogP contribution in [0, 0.1) is 11.3 Å². The molecular weight excluding hydrogens is 140 g/mol. The van der Waals surface area contributed by atoms with E-state index in [9.17, 15) is 0 Å². The lowest BCUT2D eigenvalue weighted by atomic mass is 10.5. The molecule has 1 aromatic heterocycles. The molecule has 0 bridgehead atoms. The van der Waals surface area contributed by atoms with Crippen molar-refractivity contribution in [2.24, 2.45) is 5.10 Å². The van der Waals surface area contributed by atoms with Gasteiger partial charge in [0.05, 0.1) is 6.20 Å². The molecule has 54 valence electrons. The predicted molar refractivity (Wildman–Crippen MR) is 42.0 cm³/mol. The Hall–Kier alpha value is -1.89. The quantitative estimate of drug-likeness (QED) is 0.581. The molecule has 0 aliphatic carbocycles. The molecule has 11 heavy (non-hydrogen) atoms. The molecule has 0 fully saturated rings. The summed E-state index contributed by atoms with van der Waals surface area (Å²) in [6.07, 6.45) is 2.93. The highest BCUT2D eigenvalue weighted by atomic mass is 15.4. The third-order valence-electron chi connectivity index (χ3n) is 1.20. The third-order valence-corrected chi connectivity index (χ3v) is 1.20. The summed E-state index contributed by atoms with van der Waals surface area (Å²) >= 11 is 0. The number of rotatable bonds is 2. The minimum Gasteiger partial charge on any atom is -0.234 e. The van der Waals surface area contributed by atoms with Crippen LogP contribution in [0.3, 0.4) is 0 Å². The Morgan fingerprint density at radius 2 is 2.55 bits per heavy atom. The van der Waals surface area contributed by atoms with Crippen molar-refractivity contribution >= 4 is 12.8 Å². The summed E-state index contributed by atoms with van der Waals surface area (Å²) in [5.74, 6) is 0.525. The number of aromatic nitrogens is 2. The van der Waals surface area contributed by atoms with Crippen LogP contribution in [0.25, 0.3) is 6.08 Å². The van der Waals surface area contributed by atoms with Gasteiger partial charge in [-0.05, 0) is 6.08 Å². The van der Waals surface area contributed by atoms with Gasteiger partial charge in [0.2, 0.25) is 0 Å². The maximum Gasteiger partial charge on any atom is 0.162 e. The Kier molecular flexibility index (Phi) is 1.83. The van der Waals surface area contributed by atoms with E-state index in [1.165, 1.54) is 16.9 Å². The lowest BCUT2D eigenvalue weighted by Crippen LogP contribution is -1.93. The van der Waals surface area contributed by atoms with Gasteiger partial charge in [0.1, 0.15) is 6.07 Å². The zero-order valence-corrected chi connectivity index (χ0v) is 5.86. The number of hydrogen-bond acceptors (Lipinski definition) is 3. The van der Waals surface area contributed by atoms with E-state index in [0.717, 1.165) is 0 Å². The molecule has 1 heterocycles. The van der Waals surface area contributed by atoms with E-state index >= 15 is 0 Å². The van der Waals surface area contributed by atoms with Crippen LogP contribution in [0.4, 0.5) is 0 Å². The molecule has 0 aliphatic rings. The fourth-order valence-electron chi connectivity index (χ4n) is 0.724. The highest BCUT2D eigenvalue weighted by Crippen LogP contribution is 2.03. The highest BCUT2D eigenvalue weighted by molar-refractivity contribution is 5.41. The summed E-state index contributed by atoms with van der Waals surface area (Å²) in [6.45, 7) is 6.80. The predicted octanol–water partition coefficient (Wildman–Crippen LogP) is 0.861. The molecular formula is C7H6N4. The second kappa shape index (κ2) is 2.80. The van der Waals surface area contributed by atoms with Gasteiger partial charge < -0.3 is 0 Å². The number of nitrogens with zero attached hydrogens (tertiary/aromatic N) is 4. The first kappa shape index (κ1) is 7.22. The van der Waals surface area contributed by atoms with Gasteiger partial charge in [-0.1, -0.05) is 6.58 Å². The van der Waals surface area contributed by atoms with Crippen LogP contribution in [0.1, 0.15) is 11.5 Å². The van der Waals surface area contributed by atoms with Crippen molar-refractivity contribution in [1.29, 1.82) is 5.26 Å². The second-order valence-corrected chi connectivity index (χ2v) is 1.77. The van der Waals surface area contributed by atoms with Crippen LogP contribution in [0.5, 0.6) is 0 Å². The topological polar surface area (TPSA) is 54.0 Å². The summed E-state index contributed by atoms with van der Waals surface area (Å²) < 4.78 is 1.33. The Morgan fingerprint density at radius 3 is 3.00 bits per heavy atom. The molecule has 0 radical (unpaired) electrons. The van der Waals surface area contributed by atoms with Gasteiger partial charge in [0, 0.05) is 6.72 Å². The Morgan fingerprint density at radius 1 is 1.82 bits per heavy atom. The Balaban J connectivity index is 3.33. The van der Waals surface area contributed by atoms with Crippen molar-refractivity contribution in [3.8, 4) is 6.07 Å². The van der Waals surface area contributed by atoms with Crippen LogP contribution in [0.15, 0.2) is 17.9 Å². The van der Waals surface area contributed by atoms with Gasteiger partial charge in [0.25, 0.3) is 0 Å².